The second-order valence-electron chi connectivity index (χ2n) is 6.02. The highest BCUT2D eigenvalue weighted by molar-refractivity contribution is 5.55. The molecule has 1 saturated carbocycles. The van der Waals surface area contributed by atoms with Crippen molar-refractivity contribution in [3.05, 3.63) is 34.1 Å². The lowest BCUT2D eigenvalue weighted by molar-refractivity contribution is -0.385. The van der Waals surface area contributed by atoms with Gasteiger partial charge in [-0.15, -0.1) is 0 Å². The van der Waals surface area contributed by atoms with E-state index in [1.807, 2.05) is 0 Å². The Balaban J connectivity index is 1.81. The number of hydrogen-bond acceptors (Lipinski definition) is 4. The van der Waals surface area contributed by atoms with E-state index in [4.69, 9.17) is 0 Å². The number of anilines is 1. The number of nitrogens with one attached hydrogen (secondary N) is 1. The summed E-state index contributed by atoms with van der Waals surface area (Å²) in [6.45, 7) is 2.88. The summed E-state index contributed by atoms with van der Waals surface area (Å²) in [6, 6.07) is 4.31. The van der Waals surface area contributed by atoms with E-state index in [0.29, 0.717) is 17.6 Å². The molecule has 1 unspecified atom stereocenters. The summed E-state index contributed by atoms with van der Waals surface area (Å²) in [7, 11) is 0. The molecular formula is C15H20FN3O2. The lowest BCUT2D eigenvalue weighted by atomic mass is 9.98. The summed E-state index contributed by atoms with van der Waals surface area (Å²) in [4.78, 5) is 12.5. The highest BCUT2D eigenvalue weighted by atomic mass is 19.1. The molecule has 1 N–H and O–H groups in total. The van der Waals surface area contributed by atoms with Crippen LogP contribution in [-0.4, -0.2) is 30.6 Å². The largest absolute Gasteiger partial charge is 0.368 e. The van der Waals surface area contributed by atoms with Gasteiger partial charge in [-0.1, -0.05) is 0 Å². The van der Waals surface area contributed by atoms with Gasteiger partial charge in [-0.05, 0) is 50.8 Å². The Kier molecular flexibility index (Phi) is 4.05. The Morgan fingerprint density at radius 2 is 2.14 bits per heavy atom. The normalized spacial score (nSPS) is 22.0. The van der Waals surface area contributed by atoms with Crippen molar-refractivity contribution in [3.63, 3.8) is 0 Å². The zero-order chi connectivity index (χ0) is 14.8. The third-order valence-electron chi connectivity index (χ3n) is 4.25. The molecule has 0 bridgehead atoms. The van der Waals surface area contributed by atoms with Gasteiger partial charge in [0.25, 0.3) is 5.69 Å². The molecule has 2 fully saturated rings. The van der Waals surface area contributed by atoms with Gasteiger partial charge in [0, 0.05) is 24.3 Å². The topological polar surface area (TPSA) is 58.4 Å². The number of rotatable bonds is 5. The smallest absolute Gasteiger partial charge is 0.274 e. The molecule has 0 radical (unpaired) electrons. The number of non-ortho nitro benzene ring substituents is 1. The first-order chi connectivity index (χ1) is 10.1. The standard InChI is InChI=1S/C15H20FN3O2/c16-12-6-14(8-15(7-12)19(20)21)18(13-3-4-13)10-11-2-1-5-17-9-11/h6-8,11,13,17H,1-5,9-10H2. The maximum atomic E-state index is 13.7. The van der Waals surface area contributed by atoms with Crippen LogP contribution in [0.2, 0.25) is 0 Å². The SMILES string of the molecule is O=[N+]([O-])c1cc(F)cc(N(CC2CCCNC2)C2CC2)c1. The van der Waals surface area contributed by atoms with Crippen molar-refractivity contribution < 1.29 is 9.31 Å². The Bertz CT molecular complexity index is 528. The summed E-state index contributed by atoms with van der Waals surface area (Å²) in [5.41, 5.74) is 0.479. The molecule has 1 saturated heterocycles. The molecule has 1 heterocycles. The Morgan fingerprint density at radius 1 is 1.33 bits per heavy atom. The number of piperidine rings is 1. The van der Waals surface area contributed by atoms with Gasteiger partial charge in [0.05, 0.1) is 11.0 Å². The molecule has 1 aromatic rings. The molecule has 1 aliphatic carbocycles. The second-order valence-corrected chi connectivity index (χ2v) is 6.02. The predicted molar refractivity (Wildman–Crippen MR) is 79.0 cm³/mol. The van der Waals surface area contributed by atoms with Gasteiger partial charge in [-0.25, -0.2) is 4.39 Å². The third-order valence-corrected chi connectivity index (χ3v) is 4.25. The zero-order valence-electron chi connectivity index (χ0n) is 11.9. The minimum atomic E-state index is -0.536. The molecule has 21 heavy (non-hydrogen) atoms. The van der Waals surface area contributed by atoms with Crippen LogP contribution in [0, 0.1) is 21.8 Å². The summed E-state index contributed by atoms with van der Waals surface area (Å²) in [5, 5.41) is 14.3. The number of nitro groups is 1. The average Bonchev–Trinajstić information content (AvgIpc) is 3.29. The molecule has 1 atom stereocenters. The van der Waals surface area contributed by atoms with Crippen LogP contribution in [0.15, 0.2) is 18.2 Å². The fourth-order valence-electron chi connectivity index (χ4n) is 3.04. The molecule has 5 nitrogen and oxygen atoms in total. The monoisotopic (exact) mass is 293 g/mol. The third kappa shape index (κ3) is 3.50. The number of benzene rings is 1. The molecule has 2 aliphatic rings. The van der Waals surface area contributed by atoms with Crippen molar-refractivity contribution in [2.24, 2.45) is 5.92 Å². The van der Waals surface area contributed by atoms with Gasteiger partial charge in [0.1, 0.15) is 5.82 Å². The zero-order valence-corrected chi connectivity index (χ0v) is 11.9. The molecular weight excluding hydrogens is 273 g/mol. The minimum absolute atomic E-state index is 0.169. The van der Waals surface area contributed by atoms with E-state index in [9.17, 15) is 14.5 Å². The molecule has 6 heteroatoms. The quantitative estimate of drug-likeness (QED) is 0.670. The van der Waals surface area contributed by atoms with E-state index < -0.39 is 10.7 Å². The van der Waals surface area contributed by atoms with Crippen LogP contribution in [-0.2, 0) is 0 Å². The van der Waals surface area contributed by atoms with Gasteiger partial charge in [0.2, 0.25) is 0 Å². The van der Waals surface area contributed by atoms with Crippen LogP contribution in [0.4, 0.5) is 15.8 Å². The second kappa shape index (κ2) is 5.97. The number of nitro benzene ring substituents is 1. The first-order valence-corrected chi connectivity index (χ1v) is 7.56. The van der Waals surface area contributed by atoms with Gasteiger partial charge < -0.3 is 10.2 Å². The van der Waals surface area contributed by atoms with E-state index in [-0.39, 0.29) is 5.69 Å². The Morgan fingerprint density at radius 3 is 2.76 bits per heavy atom. The Labute approximate surface area is 123 Å². The summed E-state index contributed by atoms with van der Waals surface area (Å²) in [6.07, 6.45) is 4.50. The molecule has 114 valence electrons. The van der Waals surface area contributed by atoms with Crippen molar-refractivity contribution >= 4 is 11.4 Å². The van der Waals surface area contributed by atoms with Crippen LogP contribution in [0.5, 0.6) is 0 Å². The molecule has 0 aromatic heterocycles. The van der Waals surface area contributed by atoms with Crippen molar-refractivity contribution in [3.8, 4) is 0 Å². The van der Waals surface area contributed by atoms with Crippen molar-refractivity contribution in [2.45, 2.75) is 31.7 Å². The van der Waals surface area contributed by atoms with E-state index in [1.54, 1.807) is 0 Å². The lowest BCUT2D eigenvalue weighted by Gasteiger charge is -2.31. The van der Waals surface area contributed by atoms with Crippen LogP contribution in [0.25, 0.3) is 0 Å². The number of nitrogens with zero attached hydrogens (tertiary/aromatic N) is 2. The average molecular weight is 293 g/mol. The molecule has 1 aromatic carbocycles. The van der Waals surface area contributed by atoms with Crippen LogP contribution < -0.4 is 10.2 Å². The first kappa shape index (κ1) is 14.3. The van der Waals surface area contributed by atoms with Gasteiger partial charge in [0.15, 0.2) is 0 Å². The fraction of sp³-hybridized carbons (Fsp3) is 0.600. The summed E-state index contributed by atoms with van der Waals surface area (Å²) >= 11 is 0. The highest BCUT2D eigenvalue weighted by Gasteiger charge is 2.32. The molecule has 0 amide bonds. The summed E-state index contributed by atoms with van der Waals surface area (Å²) < 4.78 is 13.7. The first-order valence-electron chi connectivity index (χ1n) is 7.56. The Hall–Kier alpha value is -1.69. The number of halogens is 1. The van der Waals surface area contributed by atoms with Crippen molar-refractivity contribution in [1.29, 1.82) is 0 Å². The highest BCUT2D eigenvalue weighted by Crippen LogP contribution is 2.35. The maximum Gasteiger partial charge on any atom is 0.274 e. The van der Waals surface area contributed by atoms with E-state index in [1.165, 1.54) is 12.1 Å². The van der Waals surface area contributed by atoms with Crippen LogP contribution in [0.1, 0.15) is 25.7 Å². The predicted octanol–water partition coefficient (Wildman–Crippen LogP) is 2.70. The van der Waals surface area contributed by atoms with E-state index >= 15 is 0 Å². The molecule has 0 spiro atoms. The molecule has 3 rings (SSSR count). The van der Waals surface area contributed by atoms with Crippen LogP contribution in [0.3, 0.4) is 0 Å². The van der Waals surface area contributed by atoms with Crippen molar-refractivity contribution in [1.82, 2.24) is 5.32 Å². The van der Waals surface area contributed by atoms with Crippen molar-refractivity contribution in [2.75, 3.05) is 24.5 Å². The summed E-state index contributed by atoms with van der Waals surface area (Å²) in [5.74, 6) is -0.00621. The maximum absolute atomic E-state index is 13.7. The minimum Gasteiger partial charge on any atom is -0.368 e. The van der Waals surface area contributed by atoms with E-state index in [2.05, 4.69) is 10.2 Å². The van der Waals surface area contributed by atoms with Gasteiger partial charge in [-0.2, -0.15) is 0 Å². The van der Waals surface area contributed by atoms with E-state index in [0.717, 1.165) is 51.4 Å². The van der Waals surface area contributed by atoms with Gasteiger partial charge >= 0.3 is 0 Å². The van der Waals surface area contributed by atoms with Crippen LogP contribution >= 0.6 is 0 Å². The fourth-order valence-corrected chi connectivity index (χ4v) is 3.04. The number of hydrogen-bond donors (Lipinski definition) is 1. The lowest BCUT2D eigenvalue weighted by Crippen LogP contribution is -2.39. The molecule has 1 aliphatic heterocycles. The van der Waals surface area contributed by atoms with Gasteiger partial charge in [-0.3, -0.25) is 10.1 Å².